The fraction of sp³-hybridized carbons (Fsp3) is 0.133. The lowest BCUT2D eigenvalue weighted by atomic mass is 10.2. The van der Waals surface area contributed by atoms with Crippen LogP contribution in [-0.4, -0.2) is 19.9 Å². The van der Waals surface area contributed by atoms with E-state index in [1.807, 2.05) is 43.3 Å². The van der Waals surface area contributed by atoms with Gasteiger partial charge in [0.25, 0.3) is 0 Å². The highest BCUT2D eigenvalue weighted by Crippen LogP contribution is 2.28. The lowest BCUT2D eigenvalue weighted by molar-refractivity contribution is 0.756. The highest BCUT2D eigenvalue weighted by molar-refractivity contribution is 5.74. The van der Waals surface area contributed by atoms with Crippen LogP contribution >= 0.6 is 0 Å². The van der Waals surface area contributed by atoms with Gasteiger partial charge in [0.05, 0.1) is 23.1 Å². The molecule has 3 N–H and O–H groups in total. The summed E-state index contributed by atoms with van der Waals surface area (Å²) < 4.78 is 0. The summed E-state index contributed by atoms with van der Waals surface area (Å²) in [4.78, 5) is 16.6. The molecule has 3 heterocycles. The van der Waals surface area contributed by atoms with Crippen LogP contribution in [0.25, 0.3) is 22.8 Å². The highest BCUT2D eigenvalue weighted by Gasteiger charge is 2.17. The first-order chi connectivity index (χ1) is 9.75. The molecule has 0 aliphatic carbocycles. The second-order valence-corrected chi connectivity index (χ2v) is 4.56. The van der Waals surface area contributed by atoms with E-state index in [1.165, 1.54) is 0 Å². The van der Waals surface area contributed by atoms with Crippen molar-refractivity contribution in [1.82, 2.24) is 19.9 Å². The predicted molar refractivity (Wildman–Crippen MR) is 77.7 cm³/mol. The largest absolute Gasteiger partial charge is 0.339 e. The van der Waals surface area contributed by atoms with Crippen LogP contribution < -0.4 is 5.73 Å². The molecule has 0 aliphatic heterocycles. The van der Waals surface area contributed by atoms with Crippen molar-refractivity contribution in [2.24, 2.45) is 5.73 Å². The van der Waals surface area contributed by atoms with E-state index in [4.69, 9.17) is 5.73 Å². The molecule has 20 heavy (non-hydrogen) atoms. The molecular formula is C15H15N5. The molecule has 1 atom stereocenters. The number of nitrogens with zero attached hydrogens (tertiary/aromatic N) is 3. The summed E-state index contributed by atoms with van der Waals surface area (Å²) in [5.74, 6) is 0.728. The Hall–Kier alpha value is -2.53. The topological polar surface area (TPSA) is 80.5 Å². The molecule has 3 aromatic rings. The number of aromatic nitrogens is 4. The number of aromatic amines is 1. The average Bonchev–Trinajstić information content (AvgIpc) is 2.94. The normalized spacial score (nSPS) is 12.3. The number of hydrogen-bond acceptors (Lipinski definition) is 4. The van der Waals surface area contributed by atoms with Crippen molar-refractivity contribution in [3.05, 3.63) is 54.6 Å². The first-order valence-corrected chi connectivity index (χ1v) is 6.44. The van der Waals surface area contributed by atoms with Crippen LogP contribution in [0.2, 0.25) is 0 Å². The lowest BCUT2D eigenvalue weighted by Crippen LogP contribution is -2.06. The summed E-state index contributed by atoms with van der Waals surface area (Å²) in [5.41, 5.74) is 9.16. The van der Waals surface area contributed by atoms with Gasteiger partial charge in [0.15, 0.2) is 0 Å². The maximum Gasteiger partial charge on any atom is 0.124 e. The third kappa shape index (κ3) is 2.31. The van der Waals surface area contributed by atoms with E-state index in [-0.39, 0.29) is 6.04 Å². The molecule has 5 heteroatoms. The molecule has 0 aromatic carbocycles. The van der Waals surface area contributed by atoms with Gasteiger partial charge in [0.2, 0.25) is 0 Å². The number of imidazole rings is 1. The molecule has 0 saturated heterocycles. The van der Waals surface area contributed by atoms with Gasteiger partial charge in [-0.15, -0.1) is 0 Å². The van der Waals surface area contributed by atoms with Gasteiger partial charge >= 0.3 is 0 Å². The standard InChI is InChI=1S/C15H15N5/c1-10(16)15-19-13(11-6-2-4-8-17-11)14(20-15)12-7-3-5-9-18-12/h2-10H,16H2,1H3,(H,19,20)/t10-/m1/s1. The van der Waals surface area contributed by atoms with Crippen molar-refractivity contribution >= 4 is 0 Å². The van der Waals surface area contributed by atoms with Crippen LogP contribution in [-0.2, 0) is 0 Å². The number of rotatable bonds is 3. The number of H-pyrrole nitrogens is 1. The number of nitrogens with two attached hydrogens (primary N) is 1. The van der Waals surface area contributed by atoms with Gasteiger partial charge in [-0.3, -0.25) is 9.97 Å². The van der Waals surface area contributed by atoms with Gasteiger partial charge in [-0.25, -0.2) is 4.98 Å². The van der Waals surface area contributed by atoms with Crippen LogP contribution in [0.1, 0.15) is 18.8 Å². The van der Waals surface area contributed by atoms with E-state index in [0.717, 1.165) is 28.6 Å². The average molecular weight is 265 g/mol. The zero-order chi connectivity index (χ0) is 13.9. The zero-order valence-electron chi connectivity index (χ0n) is 11.1. The Labute approximate surface area is 116 Å². The minimum Gasteiger partial charge on any atom is -0.339 e. The number of hydrogen-bond donors (Lipinski definition) is 2. The summed E-state index contributed by atoms with van der Waals surface area (Å²) >= 11 is 0. The lowest BCUT2D eigenvalue weighted by Gasteiger charge is -2.01. The summed E-state index contributed by atoms with van der Waals surface area (Å²) in [6, 6.07) is 11.3. The number of pyridine rings is 2. The van der Waals surface area contributed by atoms with Crippen LogP contribution in [0, 0.1) is 0 Å². The quantitative estimate of drug-likeness (QED) is 0.762. The Kier molecular flexibility index (Phi) is 3.26. The van der Waals surface area contributed by atoms with Gasteiger partial charge in [-0.2, -0.15) is 0 Å². The molecule has 3 aromatic heterocycles. The Morgan fingerprint density at radius 1 is 1.00 bits per heavy atom. The first kappa shape index (κ1) is 12.5. The Morgan fingerprint density at radius 2 is 1.65 bits per heavy atom. The molecule has 100 valence electrons. The molecule has 0 saturated carbocycles. The molecule has 0 spiro atoms. The fourth-order valence-corrected chi connectivity index (χ4v) is 1.99. The van der Waals surface area contributed by atoms with Crippen molar-refractivity contribution < 1.29 is 0 Å². The molecule has 0 radical (unpaired) electrons. The second kappa shape index (κ2) is 5.22. The van der Waals surface area contributed by atoms with Gasteiger partial charge in [-0.05, 0) is 31.2 Å². The van der Waals surface area contributed by atoms with Crippen molar-refractivity contribution in [2.45, 2.75) is 13.0 Å². The predicted octanol–water partition coefficient (Wildman–Crippen LogP) is 2.55. The Bertz CT molecular complexity index is 632. The summed E-state index contributed by atoms with van der Waals surface area (Å²) in [6.07, 6.45) is 3.50. The van der Waals surface area contributed by atoms with E-state index in [2.05, 4.69) is 19.9 Å². The molecule has 0 aliphatic rings. The highest BCUT2D eigenvalue weighted by atomic mass is 15.0. The van der Waals surface area contributed by atoms with Crippen molar-refractivity contribution in [2.75, 3.05) is 0 Å². The summed E-state index contributed by atoms with van der Waals surface area (Å²) in [7, 11) is 0. The zero-order valence-corrected chi connectivity index (χ0v) is 11.1. The summed E-state index contributed by atoms with van der Waals surface area (Å²) in [5, 5.41) is 0. The minimum absolute atomic E-state index is 0.171. The van der Waals surface area contributed by atoms with Crippen LogP contribution in [0.5, 0.6) is 0 Å². The van der Waals surface area contributed by atoms with Crippen molar-refractivity contribution in [3.8, 4) is 22.8 Å². The molecule has 3 rings (SSSR count). The van der Waals surface area contributed by atoms with Gasteiger partial charge in [0.1, 0.15) is 11.5 Å². The van der Waals surface area contributed by atoms with E-state index in [9.17, 15) is 0 Å². The van der Waals surface area contributed by atoms with Crippen molar-refractivity contribution in [3.63, 3.8) is 0 Å². The minimum atomic E-state index is -0.171. The SMILES string of the molecule is C[C@@H](N)c1nc(-c2ccccn2)c(-c2ccccn2)[nH]1. The van der Waals surface area contributed by atoms with E-state index in [1.54, 1.807) is 12.4 Å². The van der Waals surface area contributed by atoms with E-state index < -0.39 is 0 Å². The summed E-state index contributed by atoms with van der Waals surface area (Å²) in [6.45, 7) is 1.89. The number of nitrogens with one attached hydrogen (secondary N) is 1. The first-order valence-electron chi connectivity index (χ1n) is 6.44. The van der Waals surface area contributed by atoms with E-state index >= 15 is 0 Å². The third-order valence-electron chi connectivity index (χ3n) is 2.98. The van der Waals surface area contributed by atoms with Crippen LogP contribution in [0.3, 0.4) is 0 Å². The monoisotopic (exact) mass is 265 g/mol. The van der Waals surface area contributed by atoms with Crippen LogP contribution in [0.4, 0.5) is 0 Å². The Balaban J connectivity index is 2.18. The second-order valence-electron chi connectivity index (χ2n) is 4.56. The molecule has 0 amide bonds. The van der Waals surface area contributed by atoms with E-state index in [0.29, 0.717) is 0 Å². The van der Waals surface area contributed by atoms with Gasteiger partial charge in [-0.1, -0.05) is 12.1 Å². The molecule has 5 nitrogen and oxygen atoms in total. The molecular weight excluding hydrogens is 250 g/mol. The third-order valence-corrected chi connectivity index (χ3v) is 2.98. The fourth-order valence-electron chi connectivity index (χ4n) is 1.99. The molecule has 0 fully saturated rings. The smallest absolute Gasteiger partial charge is 0.124 e. The Morgan fingerprint density at radius 3 is 2.20 bits per heavy atom. The maximum absolute atomic E-state index is 5.92. The maximum atomic E-state index is 5.92. The van der Waals surface area contributed by atoms with Gasteiger partial charge in [0, 0.05) is 12.4 Å². The molecule has 0 unspecified atom stereocenters. The van der Waals surface area contributed by atoms with Gasteiger partial charge < -0.3 is 10.7 Å². The molecule has 0 bridgehead atoms. The van der Waals surface area contributed by atoms with Crippen LogP contribution in [0.15, 0.2) is 48.8 Å². The van der Waals surface area contributed by atoms with Crippen molar-refractivity contribution in [1.29, 1.82) is 0 Å².